The first-order valence-corrected chi connectivity index (χ1v) is 8.71. The lowest BCUT2D eigenvalue weighted by Gasteiger charge is -2.33. The van der Waals surface area contributed by atoms with Crippen LogP contribution in [0.4, 0.5) is 5.82 Å². The van der Waals surface area contributed by atoms with Crippen LogP contribution in [0, 0.1) is 13.8 Å². The molecule has 3 aromatic rings. The summed E-state index contributed by atoms with van der Waals surface area (Å²) in [6.45, 7) is 5.97. The van der Waals surface area contributed by atoms with E-state index in [-0.39, 0.29) is 0 Å². The second-order valence-electron chi connectivity index (χ2n) is 6.57. The predicted octanol–water partition coefficient (Wildman–Crippen LogP) is 3.06. The molecule has 0 saturated carbocycles. The van der Waals surface area contributed by atoms with Crippen LogP contribution in [0.3, 0.4) is 0 Å². The normalized spacial score (nSPS) is 17.7. The molecule has 0 aliphatic carbocycles. The van der Waals surface area contributed by atoms with E-state index in [0.717, 1.165) is 54.8 Å². The molecule has 1 fully saturated rings. The topological polar surface area (TPSA) is 59.7 Å². The van der Waals surface area contributed by atoms with Crippen molar-refractivity contribution in [1.82, 2.24) is 24.5 Å². The molecule has 0 radical (unpaired) electrons. The third-order valence-electron chi connectivity index (χ3n) is 4.78. The molecule has 0 amide bonds. The first-order chi connectivity index (χ1) is 12.2. The van der Waals surface area contributed by atoms with Crippen molar-refractivity contribution in [2.75, 3.05) is 18.0 Å². The lowest BCUT2D eigenvalue weighted by molar-refractivity contribution is 0.498. The molecule has 0 bridgehead atoms. The highest BCUT2D eigenvalue weighted by atomic mass is 15.2. The van der Waals surface area contributed by atoms with E-state index in [1.165, 1.54) is 0 Å². The Bertz CT molecular complexity index is 872. The molecule has 6 nitrogen and oxygen atoms in total. The van der Waals surface area contributed by atoms with Crippen molar-refractivity contribution in [2.45, 2.75) is 32.6 Å². The number of aromatic nitrogens is 5. The Morgan fingerprint density at radius 2 is 2.00 bits per heavy atom. The molecule has 0 aromatic carbocycles. The molecule has 128 valence electrons. The van der Waals surface area contributed by atoms with Gasteiger partial charge >= 0.3 is 0 Å². The third-order valence-corrected chi connectivity index (χ3v) is 4.78. The predicted molar refractivity (Wildman–Crippen MR) is 97.1 cm³/mol. The summed E-state index contributed by atoms with van der Waals surface area (Å²) in [6, 6.07) is 8.31. The summed E-state index contributed by atoms with van der Waals surface area (Å²) in [7, 11) is 0. The highest BCUT2D eigenvalue weighted by molar-refractivity contribution is 5.40. The zero-order chi connectivity index (χ0) is 17.2. The van der Waals surface area contributed by atoms with Gasteiger partial charge in [-0.15, -0.1) is 0 Å². The van der Waals surface area contributed by atoms with Crippen LogP contribution in [-0.4, -0.2) is 37.6 Å². The quantitative estimate of drug-likeness (QED) is 0.737. The number of aryl methyl sites for hydroxylation is 2. The SMILES string of the molecule is Cc1cc(N2CCC[C@@H](c3cccc(-n4ccnc4C)n3)C2)ncn1. The highest BCUT2D eigenvalue weighted by Crippen LogP contribution is 2.28. The minimum absolute atomic E-state index is 0.410. The number of hydrogen-bond donors (Lipinski definition) is 0. The second-order valence-corrected chi connectivity index (χ2v) is 6.57. The summed E-state index contributed by atoms with van der Waals surface area (Å²) >= 11 is 0. The summed E-state index contributed by atoms with van der Waals surface area (Å²) in [4.78, 5) is 20.2. The van der Waals surface area contributed by atoms with E-state index in [9.17, 15) is 0 Å². The Kier molecular flexibility index (Phi) is 4.17. The monoisotopic (exact) mass is 334 g/mol. The molecular formula is C19H22N6. The van der Waals surface area contributed by atoms with Crippen molar-refractivity contribution in [2.24, 2.45) is 0 Å². The molecule has 4 rings (SSSR count). The van der Waals surface area contributed by atoms with Crippen molar-refractivity contribution < 1.29 is 0 Å². The number of piperidine rings is 1. The van der Waals surface area contributed by atoms with Gasteiger partial charge in [0.15, 0.2) is 0 Å². The van der Waals surface area contributed by atoms with Gasteiger partial charge in [-0.2, -0.15) is 0 Å². The van der Waals surface area contributed by atoms with Crippen LogP contribution in [0.5, 0.6) is 0 Å². The Morgan fingerprint density at radius 1 is 1.08 bits per heavy atom. The first-order valence-electron chi connectivity index (χ1n) is 8.71. The lowest BCUT2D eigenvalue weighted by atomic mass is 9.94. The van der Waals surface area contributed by atoms with Gasteiger partial charge in [0.2, 0.25) is 0 Å². The summed E-state index contributed by atoms with van der Waals surface area (Å²) < 4.78 is 2.03. The molecule has 1 atom stereocenters. The van der Waals surface area contributed by atoms with E-state index < -0.39 is 0 Å². The average molecular weight is 334 g/mol. The smallest absolute Gasteiger partial charge is 0.138 e. The molecule has 0 spiro atoms. The van der Waals surface area contributed by atoms with Gasteiger partial charge in [0.1, 0.15) is 23.8 Å². The molecule has 1 saturated heterocycles. The van der Waals surface area contributed by atoms with Gasteiger partial charge in [-0.1, -0.05) is 6.07 Å². The van der Waals surface area contributed by atoms with Gasteiger partial charge in [-0.3, -0.25) is 4.57 Å². The van der Waals surface area contributed by atoms with E-state index in [4.69, 9.17) is 4.98 Å². The van der Waals surface area contributed by atoms with E-state index in [0.29, 0.717) is 5.92 Å². The molecule has 4 heterocycles. The van der Waals surface area contributed by atoms with Crippen LogP contribution >= 0.6 is 0 Å². The fourth-order valence-electron chi connectivity index (χ4n) is 3.46. The molecule has 0 unspecified atom stereocenters. The standard InChI is InChI=1S/C19H22N6/c1-14-11-19(22-13-21-14)24-9-4-5-16(12-24)17-6-3-7-18(23-17)25-10-8-20-15(25)2/h3,6-8,10-11,13,16H,4-5,9,12H2,1-2H3/t16-/m1/s1. The highest BCUT2D eigenvalue weighted by Gasteiger charge is 2.23. The van der Waals surface area contributed by atoms with Gasteiger partial charge in [0, 0.05) is 48.9 Å². The van der Waals surface area contributed by atoms with Gasteiger partial charge in [-0.05, 0) is 38.8 Å². The van der Waals surface area contributed by atoms with Crippen LogP contribution in [-0.2, 0) is 0 Å². The summed E-state index contributed by atoms with van der Waals surface area (Å²) in [5.41, 5.74) is 2.14. The van der Waals surface area contributed by atoms with Crippen molar-refractivity contribution >= 4 is 5.82 Å². The van der Waals surface area contributed by atoms with Crippen LogP contribution in [0.25, 0.3) is 5.82 Å². The van der Waals surface area contributed by atoms with Crippen LogP contribution in [0.2, 0.25) is 0 Å². The number of imidazole rings is 1. The Hall–Kier alpha value is -2.76. The zero-order valence-electron chi connectivity index (χ0n) is 14.6. The summed E-state index contributed by atoms with van der Waals surface area (Å²) in [5.74, 6) is 3.31. The maximum Gasteiger partial charge on any atom is 0.138 e. The fraction of sp³-hybridized carbons (Fsp3) is 0.368. The van der Waals surface area contributed by atoms with Gasteiger partial charge in [0.25, 0.3) is 0 Å². The number of anilines is 1. The third kappa shape index (κ3) is 3.24. The number of rotatable bonds is 3. The molecular weight excluding hydrogens is 312 g/mol. The molecule has 3 aromatic heterocycles. The van der Waals surface area contributed by atoms with Gasteiger partial charge in [-0.25, -0.2) is 19.9 Å². The molecule has 6 heteroatoms. The Labute approximate surface area is 147 Å². The largest absolute Gasteiger partial charge is 0.356 e. The number of pyridine rings is 1. The summed E-state index contributed by atoms with van der Waals surface area (Å²) in [5, 5.41) is 0. The lowest BCUT2D eigenvalue weighted by Crippen LogP contribution is -2.35. The summed E-state index contributed by atoms with van der Waals surface area (Å²) in [6.07, 6.45) is 7.71. The first kappa shape index (κ1) is 15.7. The van der Waals surface area contributed by atoms with Crippen LogP contribution < -0.4 is 4.90 Å². The van der Waals surface area contributed by atoms with Crippen molar-refractivity contribution in [3.8, 4) is 5.82 Å². The second kappa shape index (κ2) is 6.63. The zero-order valence-corrected chi connectivity index (χ0v) is 14.6. The minimum atomic E-state index is 0.410. The number of hydrogen-bond acceptors (Lipinski definition) is 5. The van der Waals surface area contributed by atoms with E-state index in [1.807, 2.05) is 36.9 Å². The van der Waals surface area contributed by atoms with E-state index >= 15 is 0 Å². The van der Waals surface area contributed by atoms with Crippen LogP contribution in [0.15, 0.2) is 43.0 Å². The Morgan fingerprint density at radius 3 is 2.80 bits per heavy atom. The maximum atomic E-state index is 4.91. The minimum Gasteiger partial charge on any atom is -0.356 e. The van der Waals surface area contributed by atoms with E-state index in [1.54, 1.807) is 6.33 Å². The van der Waals surface area contributed by atoms with Crippen molar-refractivity contribution in [1.29, 1.82) is 0 Å². The van der Waals surface area contributed by atoms with E-state index in [2.05, 4.69) is 38.1 Å². The molecule has 25 heavy (non-hydrogen) atoms. The number of nitrogens with zero attached hydrogens (tertiary/aromatic N) is 6. The van der Waals surface area contributed by atoms with Gasteiger partial charge < -0.3 is 4.90 Å². The van der Waals surface area contributed by atoms with Gasteiger partial charge in [0.05, 0.1) is 0 Å². The molecule has 1 aliphatic heterocycles. The molecule has 1 aliphatic rings. The average Bonchev–Trinajstić information content (AvgIpc) is 3.08. The molecule has 0 N–H and O–H groups in total. The Balaban J connectivity index is 1.58. The maximum absolute atomic E-state index is 4.91. The van der Waals surface area contributed by atoms with Crippen molar-refractivity contribution in [3.63, 3.8) is 0 Å². The fourth-order valence-corrected chi connectivity index (χ4v) is 3.46. The van der Waals surface area contributed by atoms with Crippen molar-refractivity contribution in [3.05, 3.63) is 60.2 Å². The van der Waals surface area contributed by atoms with Crippen LogP contribution in [0.1, 0.15) is 36.0 Å².